The van der Waals surface area contributed by atoms with Crippen LogP contribution in [0.1, 0.15) is 0 Å². The minimum absolute atomic E-state index is 0.250. The summed E-state index contributed by atoms with van der Waals surface area (Å²) in [5.74, 6) is 0. The molecule has 0 radical (unpaired) electrons. The number of fused-ring (bicyclic) bond motifs is 1. The molecule has 116 valence electrons. The molecule has 1 N–H and O–H groups in total. The molecule has 0 bridgehead atoms. The summed E-state index contributed by atoms with van der Waals surface area (Å²) in [7, 11) is -1.00. The van der Waals surface area contributed by atoms with E-state index >= 15 is 0 Å². The molecule has 2 aromatic rings. The summed E-state index contributed by atoms with van der Waals surface area (Å²) >= 11 is 3.32. The van der Waals surface area contributed by atoms with E-state index in [0.717, 1.165) is 34.5 Å². The number of benzene rings is 1. The van der Waals surface area contributed by atoms with Gasteiger partial charge in [0.25, 0.3) is 6.47 Å². The topological polar surface area (TPSA) is 64.4 Å². The molecule has 1 aromatic heterocycles. The van der Waals surface area contributed by atoms with E-state index in [0.29, 0.717) is 6.73 Å². The molecule has 0 aliphatic heterocycles. The quantitative estimate of drug-likeness (QED) is 0.335. The Morgan fingerprint density at radius 2 is 2.09 bits per heavy atom. The third kappa shape index (κ3) is 6.67. The van der Waals surface area contributed by atoms with Gasteiger partial charge in [-0.2, -0.15) is 0 Å². The van der Waals surface area contributed by atoms with Crippen molar-refractivity contribution in [1.29, 1.82) is 0 Å². The molecule has 1 aromatic carbocycles. The Morgan fingerprint density at radius 3 is 2.68 bits per heavy atom. The number of hydrogen-bond acceptors (Lipinski definition) is 3. The number of halogens is 1. The number of ether oxygens (including phenoxy) is 1. The molecule has 0 spiro atoms. The number of carbonyl (C=O) groups is 1. The van der Waals surface area contributed by atoms with Gasteiger partial charge in [0.1, 0.15) is 0 Å². The summed E-state index contributed by atoms with van der Waals surface area (Å²) in [5.41, 5.74) is 1.19. The molecule has 0 saturated carbocycles. The average Bonchev–Trinajstić information content (AvgIpc) is 2.71. The maximum absolute atomic E-state index is 8.36. The largest absolute Gasteiger partial charge is 0.483 e. The van der Waals surface area contributed by atoms with Crippen LogP contribution in [0.5, 0.6) is 0 Å². The Bertz CT molecular complexity index is 628. The van der Waals surface area contributed by atoms with Gasteiger partial charge in [0.15, 0.2) is 0 Å². The fraction of sp³-hybridized carbons (Fsp3) is 0.429. The van der Waals surface area contributed by atoms with Gasteiger partial charge in [0.2, 0.25) is 0 Å². The van der Waals surface area contributed by atoms with Crippen molar-refractivity contribution in [3.63, 3.8) is 0 Å². The Labute approximate surface area is 163 Å². The first-order chi connectivity index (χ1) is 10.3. The molecular formula is C14H20IN2NaO3Si. The van der Waals surface area contributed by atoms with E-state index in [1.54, 1.807) is 0 Å². The minimum Gasteiger partial charge on any atom is -0.483 e. The first-order valence-electron chi connectivity index (χ1n) is 7.07. The molecule has 1 heterocycles. The molecule has 8 heteroatoms. The predicted molar refractivity (Wildman–Crippen MR) is 101 cm³/mol. The Kier molecular flexibility index (Phi) is 8.58. The minimum atomic E-state index is -1.00. The van der Waals surface area contributed by atoms with E-state index in [4.69, 9.17) is 14.6 Å². The summed E-state index contributed by atoms with van der Waals surface area (Å²) in [6.45, 7) is 8.29. The van der Waals surface area contributed by atoms with Crippen molar-refractivity contribution in [2.75, 3.05) is 6.61 Å². The summed E-state index contributed by atoms with van der Waals surface area (Å²) in [5, 5.41) is 12.8. The second kappa shape index (κ2) is 9.38. The average molecular weight is 442 g/mol. The van der Waals surface area contributed by atoms with Crippen LogP contribution in [0, 0.1) is 3.57 Å². The summed E-state index contributed by atoms with van der Waals surface area (Å²) in [6.07, 6.45) is 0. The van der Waals surface area contributed by atoms with Crippen LogP contribution in [0.2, 0.25) is 25.7 Å². The zero-order valence-electron chi connectivity index (χ0n) is 13.5. The van der Waals surface area contributed by atoms with Crippen LogP contribution < -0.4 is 2.94 Å². The normalized spacial score (nSPS) is 11.2. The van der Waals surface area contributed by atoms with Crippen LogP contribution in [0.25, 0.3) is 10.9 Å². The summed E-state index contributed by atoms with van der Waals surface area (Å²) < 4.78 is 10.3. The van der Waals surface area contributed by atoms with Crippen LogP contribution >= 0.6 is 22.6 Å². The second-order valence-corrected chi connectivity index (χ2v) is 14.0. The molecule has 22 heavy (non-hydrogen) atoms. The van der Waals surface area contributed by atoms with E-state index in [2.05, 4.69) is 65.5 Å². The molecule has 0 aliphatic rings. The van der Waals surface area contributed by atoms with Gasteiger partial charge < -0.3 is 5.11 Å². The van der Waals surface area contributed by atoms with E-state index in [1.807, 2.05) is 4.68 Å². The smallest absolute Gasteiger partial charge is 0.290 e. The molecule has 0 amide bonds. The fourth-order valence-corrected chi connectivity index (χ4v) is 3.83. The Hall–Kier alpha value is 0.0669. The van der Waals surface area contributed by atoms with Crippen molar-refractivity contribution in [2.24, 2.45) is 0 Å². The molecular weight excluding hydrogens is 422 g/mol. The van der Waals surface area contributed by atoms with Crippen LogP contribution in [0.3, 0.4) is 0 Å². The van der Waals surface area contributed by atoms with Gasteiger partial charge in [0.05, 0.1) is 0 Å². The number of nitrogens with zero attached hydrogens (tertiary/aromatic N) is 2. The van der Waals surface area contributed by atoms with Crippen molar-refractivity contribution in [3.8, 4) is 0 Å². The van der Waals surface area contributed by atoms with Crippen molar-refractivity contribution in [1.82, 2.24) is 9.78 Å². The van der Waals surface area contributed by atoms with Crippen LogP contribution in [-0.2, 0) is 16.3 Å². The Morgan fingerprint density at radius 1 is 1.45 bits per heavy atom. The first kappa shape index (κ1) is 20.1. The van der Waals surface area contributed by atoms with Crippen LogP contribution in [-0.4, -0.2) is 64.0 Å². The molecule has 2 rings (SSSR count). The van der Waals surface area contributed by atoms with Gasteiger partial charge >= 0.3 is 148 Å². The number of rotatable bonds is 5. The Balaban J connectivity index is 0.000000745. The van der Waals surface area contributed by atoms with Gasteiger partial charge in [0, 0.05) is 0 Å². The molecule has 0 atom stereocenters. The number of hydrogen-bond donors (Lipinski definition) is 1. The van der Waals surface area contributed by atoms with Gasteiger partial charge in [-0.15, -0.1) is 0 Å². The molecule has 0 saturated heterocycles. The summed E-state index contributed by atoms with van der Waals surface area (Å²) in [4.78, 5) is 8.36. The molecule has 0 aliphatic carbocycles. The maximum Gasteiger partial charge on any atom is 0.290 e. The third-order valence-corrected chi connectivity index (χ3v) is 6.22. The van der Waals surface area contributed by atoms with E-state index in [-0.39, 0.29) is 6.47 Å². The number of carboxylic acid groups (broad SMARTS) is 1. The zero-order chi connectivity index (χ0) is 16.8. The van der Waals surface area contributed by atoms with Crippen molar-refractivity contribution < 1.29 is 14.6 Å². The van der Waals surface area contributed by atoms with Crippen molar-refractivity contribution >= 4 is 78.9 Å². The van der Waals surface area contributed by atoms with Gasteiger partial charge in [-0.3, -0.25) is 4.79 Å². The molecule has 5 nitrogen and oxygen atoms in total. The second-order valence-electron chi connectivity index (χ2n) is 6.20. The van der Waals surface area contributed by atoms with Gasteiger partial charge in [-0.25, -0.2) is 0 Å². The SMILES string of the molecule is C[Si](C)(C)CCOCn1n[c]([Na])c2cc(I)ccc21.O=CO. The van der Waals surface area contributed by atoms with Crippen LogP contribution in [0.15, 0.2) is 18.2 Å². The zero-order valence-corrected chi connectivity index (χ0v) is 18.6. The summed E-state index contributed by atoms with van der Waals surface area (Å²) in [6, 6.07) is 7.69. The molecule has 0 fully saturated rings. The van der Waals surface area contributed by atoms with Crippen molar-refractivity contribution in [3.05, 3.63) is 21.8 Å². The predicted octanol–water partition coefficient (Wildman–Crippen LogP) is 2.45. The third-order valence-electron chi connectivity index (χ3n) is 3.11. The standard InChI is InChI=1S/C13H18IN2OSi.CH2O2.Na/c1-18(2,3)7-6-17-10-16-13-5-4-12(14)8-11(13)9-15-16;2-1-3;/h4-5,8H,6-7,10H2,1-3H3;1H,(H,2,3);. The van der Waals surface area contributed by atoms with Gasteiger partial charge in [-0.05, 0) is 0 Å². The fourth-order valence-electron chi connectivity index (χ4n) is 1.94. The van der Waals surface area contributed by atoms with Crippen LogP contribution in [0.4, 0.5) is 0 Å². The van der Waals surface area contributed by atoms with Gasteiger partial charge in [-0.1, -0.05) is 0 Å². The van der Waals surface area contributed by atoms with E-state index in [1.165, 1.54) is 23.5 Å². The molecule has 0 unspecified atom stereocenters. The number of aromatic nitrogens is 2. The van der Waals surface area contributed by atoms with E-state index < -0.39 is 8.07 Å². The monoisotopic (exact) mass is 442 g/mol. The van der Waals surface area contributed by atoms with E-state index in [9.17, 15) is 0 Å². The maximum atomic E-state index is 8.36. The van der Waals surface area contributed by atoms with Crippen molar-refractivity contribution in [2.45, 2.75) is 32.4 Å². The first-order valence-corrected chi connectivity index (χ1v) is 12.9.